The zero-order valence-corrected chi connectivity index (χ0v) is 25.7. The normalized spacial score (nSPS) is 15.9. The van der Waals surface area contributed by atoms with E-state index in [1.807, 2.05) is 45.9 Å². The molecule has 1 saturated carbocycles. The number of hydrogen-bond donors (Lipinski definition) is 2. The highest BCUT2D eigenvalue weighted by Gasteiger charge is 2.38. The van der Waals surface area contributed by atoms with Crippen LogP contribution in [0.25, 0.3) is 0 Å². The lowest BCUT2D eigenvalue weighted by molar-refractivity contribution is -0.143. The van der Waals surface area contributed by atoms with Gasteiger partial charge in [-0.2, -0.15) is 0 Å². The Kier molecular flexibility index (Phi) is 12.8. The summed E-state index contributed by atoms with van der Waals surface area (Å²) in [6.45, 7) is 15.9. The van der Waals surface area contributed by atoms with E-state index in [0.717, 1.165) is 68.1 Å². The third kappa shape index (κ3) is 10.5. The summed E-state index contributed by atoms with van der Waals surface area (Å²) in [5.74, 6) is -0.590. The van der Waals surface area contributed by atoms with Crippen LogP contribution >= 0.6 is 0 Å². The highest BCUT2D eigenvalue weighted by Crippen LogP contribution is 2.28. The molecule has 39 heavy (non-hydrogen) atoms. The van der Waals surface area contributed by atoms with Crippen molar-refractivity contribution in [1.29, 1.82) is 0 Å². The molecule has 0 bridgehead atoms. The van der Waals surface area contributed by atoms with E-state index >= 15 is 0 Å². The third-order valence-corrected chi connectivity index (χ3v) is 7.50. The SMILES string of the molecule is CCCCCCN(C(=O)C(NC(=O)OC(C)(C)C)C(C)C)C(C(=O)NC1CCCCC1)c1ccc(C)c(C)c1. The lowest BCUT2D eigenvalue weighted by atomic mass is 9.93. The second kappa shape index (κ2) is 15.3. The molecule has 2 unspecified atom stereocenters. The fourth-order valence-electron chi connectivity index (χ4n) is 5.14. The average molecular weight is 544 g/mol. The maximum atomic E-state index is 14.3. The van der Waals surface area contributed by atoms with Gasteiger partial charge in [0.15, 0.2) is 0 Å². The number of carbonyl (C=O) groups is 3. The van der Waals surface area contributed by atoms with Gasteiger partial charge in [0.1, 0.15) is 17.7 Å². The number of unbranched alkanes of at least 4 members (excludes halogenated alkanes) is 3. The van der Waals surface area contributed by atoms with Crippen LogP contribution in [-0.2, 0) is 14.3 Å². The van der Waals surface area contributed by atoms with E-state index in [1.54, 1.807) is 25.7 Å². The Labute approximate surface area is 236 Å². The minimum Gasteiger partial charge on any atom is -0.444 e. The van der Waals surface area contributed by atoms with Gasteiger partial charge in [0, 0.05) is 12.6 Å². The summed E-state index contributed by atoms with van der Waals surface area (Å²) in [5.41, 5.74) is 2.33. The van der Waals surface area contributed by atoms with Crippen molar-refractivity contribution in [3.05, 3.63) is 34.9 Å². The minimum absolute atomic E-state index is 0.123. The zero-order valence-electron chi connectivity index (χ0n) is 25.7. The van der Waals surface area contributed by atoms with Crippen molar-refractivity contribution in [3.8, 4) is 0 Å². The summed E-state index contributed by atoms with van der Waals surface area (Å²) in [6, 6.07) is 4.54. The average Bonchev–Trinajstić information content (AvgIpc) is 2.85. The maximum absolute atomic E-state index is 14.3. The molecule has 0 aliphatic heterocycles. The molecule has 1 fully saturated rings. The molecular weight excluding hydrogens is 490 g/mol. The summed E-state index contributed by atoms with van der Waals surface area (Å²) in [7, 11) is 0. The lowest BCUT2D eigenvalue weighted by Gasteiger charge is -2.37. The number of nitrogens with one attached hydrogen (secondary N) is 2. The Balaban J connectivity index is 2.48. The fraction of sp³-hybridized carbons (Fsp3) is 0.719. The van der Waals surface area contributed by atoms with Crippen molar-refractivity contribution in [1.82, 2.24) is 15.5 Å². The zero-order chi connectivity index (χ0) is 29.2. The number of amides is 3. The third-order valence-electron chi connectivity index (χ3n) is 7.50. The van der Waals surface area contributed by atoms with Crippen LogP contribution in [0.5, 0.6) is 0 Å². The topological polar surface area (TPSA) is 87.7 Å². The van der Waals surface area contributed by atoms with Gasteiger partial charge in [-0.15, -0.1) is 0 Å². The van der Waals surface area contributed by atoms with Crippen LogP contribution in [-0.4, -0.2) is 47.0 Å². The molecule has 2 rings (SSSR count). The quantitative estimate of drug-likeness (QED) is 0.285. The van der Waals surface area contributed by atoms with Crippen LogP contribution in [0.2, 0.25) is 0 Å². The van der Waals surface area contributed by atoms with Gasteiger partial charge in [-0.1, -0.05) is 77.5 Å². The molecule has 0 heterocycles. The van der Waals surface area contributed by atoms with Gasteiger partial charge < -0.3 is 20.3 Å². The van der Waals surface area contributed by atoms with E-state index in [2.05, 4.69) is 17.6 Å². The van der Waals surface area contributed by atoms with Gasteiger partial charge in [-0.05, 0) is 76.5 Å². The number of carbonyl (C=O) groups excluding carboxylic acids is 3. The standard InChI is InChI=1S/C32H53N3O4/c1-9-10-11-15-20-35(30(37)27(22(2)3)34-31(38)39-32(6,7)8)28(25-19-18-23(4)24(5)21-25)29(36)33-26-16-13-12-14-17-26/h18-19,21-22,26-28H,9-17,20H2,1-8H3,(H,33,36)(H,34,38). The first-order chi connectivity index (χ1) is 18.3. The molecular formula is C32H53N3O4. The fourth-order valence-corrected chi connectivity index (χ4v) is 5.14. The van der Waals surface area contributed by atoms with E-state index in [0.29, 0.717) is 6.54 Å². The number of hydrogen-bond acceptors (Lipinski definition) is 4. The predicted octanol–water partition coefficient (Wildman–Crippen LogP) is 6.75. The van der Waals surface area contributed by atoms with Crippen molar-refractivity contribution < 1.29 is 19.1 Å². The van der Waals surface area contributed by atoms with E-state index in [1.165, 1.54) is 6.42 Å². The molecule has 1 aromatic carbocycles. The number of alkyl carbamates (subject to hydrolysis) is 1. The number of ether oxygens (including phenoxy) is 1. The summed E-state index contributed by atoms with van der Waals surface area (Å²) < 4.78 is 5.48. The van der Waals surface area contributed by atoms with E-state index in [9.17, 15) is 14.4 Å². The highest BCUT2D eigenvalue weighted by molar-refractivity contribution is 5.92. The Bertz CT molecular complexity index is 947. The molecule has 0 spiro atoms. The smallest absolute Gasteiger partial charge is 0.408 e. The monoisotopic (exact) mass is 543 g/mol. The van der Waals surface area contributed by atoms with E-state index < -0.39 is 23.8 Å². The molecule has 0 saturated heterocycles. The molecule has 7 heteroatoms. The van der Waals surface area contributed by atoms with Crippen molar-refractivity contribution in [3.63, 3.8) is 0 Å². The van der Waals surface area contributed by atoms with E-state index in [-0.39, 0.29) is 23.8 Å². The number of rotatable bonds is 12. The first kappa shape index (κ1) is 32.6. The van der Waals surface area contributed by atoms with Crippen LogP contribution in [0.4, 0.5) is 4.79 Å². The molecule has 7 nitrogen and oxygen atoms in total. The van der Waals surface area contributed by atoms with Crippen LogP contribution in [0.3, 0.4) is 0 Å². The second-order valence-corrected chi connectivity index (χ2v) is 12.5. The molecule has 1 aromatic rings. The molecule has 1 aliphatic carbocycles. The first-order valence-electron chi connectivity index (χ1n) is 15.0. The van der Waals surface area contributed by atoms with E-state index in [4.69, 9.17) is 4.74 Å². The van der Waals surface area contributed by atoms with Crippen molar-refractivity contribution in [2.24, 2.45) is 5.92 Å². The molecule has 1 aliphatic rings. The number of nitrogens with zero attached hydrogens (tertiary/aromatic N) is 1. The Morgan fingerprint density at radius 2 is 1.67 bits per heavy atom. The molecule has 0 aromatic heterocycles. The van der Waals surface area contributed by atoms with Gasteiger partial charge >= 0.3 is 6.09 Å². The summed E-state index contributed by atoms with van der Waals surface area (Å²) in [4.78, 5) is 42.8. The van der Waals surface area contributed by atoms with Crippen LogP contribution in [0.1, 0.15) is 122 Å². The lowest BCUT2D eigenvalue weighted by Crippen LogP contribution is -2.55. The summed E-state index contributed by atoms with van der Waals surface area (Å²) in [6.07, 6.45) is 8.60. The first-order valence-corrected chi connectivity index (χ1v) is 15.0. The number of aryl methyl sites for hydroxylation is 2. The molecule has 0 radical (unpaired) electrons. The van der Waals surface area contributed by atoms with Crippen molar-refractivity contribution >= 4 is 17.9 Å². The maximum Gasteiger partial charge on any atom is 0.408 e. The van der Waals surface area contributed by atoms with Gasteiger partial charge in [-0.3, -0.25) is 9.59 Å². The Morgan fingerprint density at radius 1 is 1.00 bits per heavy atom. The van der Waals surface area contributed by atoms with Gasteiger partial charge in [0.05, 0.1) is 0 Å². The summed E-state index contributed by atoms with van der Waals surface area (Å²) in [5, 5.41) is 6.10. The van der Waals surface area contributed by atoms with Crippen LogP contribution in [0, 0.1) is 19.8 Å². The molecule has 220 valence electrons. The van der Waals surface area contributed by atoms with Gasteiger partial charge in [0.25, 0.3) is 0 Å². The van der Waals surface area contributed by atoms with Crippen LogP contribution in [0.15, 0.2) is 18.2 Å². The van der Waals surface area contributed by atoms with Crippen molar-refractivity contribution in [2.75, 3.05) is 6.54 Å². The second-order valence-electron chi connectivity index (χ2n) is 12.5. The molecule has 3 amide bonds. The Morgan fingerprint density at radius 3 is 2.23 bits per heavy atom. The van der Waals surface area contributed by atoms with Crippen molar-refractivity contribution in [2.45, 2.75) is 137 Å². The Hall–Kier alpha value is -2.57. The largest absolute Gasteiger partial charge is 0.444 e. The molecule has 2 atom stereocenters. The predicted molar refractivity (Wildman–Crippen MR) is 158 cm³/mol. The van der Waals surface area contributed by atoms with Crippen LogP contribution < -0.4 is 10.6 Å². The van der Waals surface area contributed by atoms with Gasteiger partial charge in [0.2, 0.25) is 11.8 Å². The van der Waals surface area contributed by atoms with Gasteiger partial charge in [-0.25, -0.2) is 4.79 Å². The highest BCUT2D eigenvalue weighted by atomic mass is 16.6. The number of benzene rings is 1. The minimum atomic E-state index is -0.817. The molecule has 2 N–H and O–H groups in total. The summed E-state index contributed by atoms with van der Waals surface area (Å²) >= 11 is 0.